The minimum Gasteiger partial charge on any atom is -0.495 e. The molecule has 8 heteroatoms. The fourth-order valence-corrected chi connectivity index (χ4v) is 7.26. The zero-order chi connectivity index (χ0) is 19.1. The van der Waals surface area contributed by atoms with Gasteiger partial charge in [-0.05, 0) is 30.5 Å². The Bertz CT molecular complexity index is 849. The molecule has 2 unspecified atom stereocenters. The first kappa shape index (κ1) is 19.2. The first-order chi connectivity index (χ1) is 12.2. The number of aliphatic imine (C=N–C) groups is 1. The lowest BCUT2D eigenvalue weighted by Gasteiger charge is -2.26. The van der Waals surface area contributed by atoms with Crippen LogP contribution in [0.3, 0.4) is 0 Å². The highest BCUT2D eigenvalue weighted by atomic mass is 32.2. The molecular weight excluding hydrogens is 372 g/mol. The minimum absolute atomic E-state index is 0.0686. The van der Waals surface area contributed by atoms with Crippen LogP contribution in [0, 0.1) is 12.8 Å². The van der Waals surface area contributed by atoms with Crippen molar-refractivity contribution in [2.45, 2.75) is 38.5 Å². The Morgan fingerprint density at radius 2 is 2.12 bits per heavy atom. The number of carbonyl (C=O) groups excluding carboxylic acids is 1. The molecule has 0 N–H and O–H groups in total. The van der Waals surface area contributed by atoms with Crippen molar-refractivity contribution in [3.8, 4) is 5.75 Å². The van der Waals surface area contributed by atoms with Crippen LogP contribution in [0.25, 0.3) is 0 Å². The SMILES string of the molecule is COc1ccc(C)cc1N1C(=NC(=O)CC(C)C)SC2CS(=O)(=O)CC21. The number of fused-ring (bicyclic) bond motifs is 1. The van der Waals surface area contributed by atoms with Gasteiger partial charge < -0.3 is 9.64 Å². The molecule has 2 atom stereocenters. The number of sulfone groups is 1. The second-order valence-corrected chi connectivity index (χ2v) is 10.6. The molecule has 6 nitrogen and oxygen atoms in total. The average molecular weight is 397 g/mol. The van der Waals surface area contributed by atoms with Crippen LogP contribution < -0.4 is 9.64 Å². The van der Waals surface area contributed by atoms with Crippen molar-refractivity contribution in [3.63, 3.8) is 0 Å². The van der Waals surface area contributed by atoms with E-state index < -0.39 is 9.84 Å². The summed E-state index contributed by atoms with van der Waals surface area (Å²) in [5, 5.41) is 0.459. The predicted octanol–water partition coefficient (Wildman–Crippen LogP) is 2.65. The first-order valence-corrected chi connectivity index (χ1v) is 11.3. The molecule has 0 saturated carbocycles. The largest absolute Gasteiger partial charge is 0.495 e. The second kappa shape index (κ2) is 7.23. The first-order valence-electron chi connectivity index (χ1n) is 8.62. The lowest BCUT2D eigenvalue weighted by atomic mass is 10.1. The molecule has 0 spiro atoms. The van der Waals surface area contributed by atoms with E-state index in [0.29, 0.717) is 17.3 Å². The van der Waals surface area contributed by atoms with Crippen molar-refractivity contribution in [2.75, 3.05) is 23.5 Å². The third kappa shape index (κ3) is 3.91. The number of aryl methyl sites for hydroxylation is 1. The quantitative estimate of drug-likeness (QED) is 0.779. The monoisotopic (exact) mass is 396 g/mol. The van der Waals surface area contributed by atoms with Crippen molar-refractivity contribution < 1.29 is 17.9 Å². The Morgan fingerprint density at radius 3 is 2.77 bits per heavy atom. The van der Waals surface area contributed by atoms with Gasteiger partial charge in [-0.2, -0.15) is 4.99 Å². The zero-order valence-electron chi connectivity index (χ0n) is 15.4. The van der Waals surface area contributed by atoms with Crippen LogP contribution in [0.5, 0.6) is 5.75 Å². The minimum atomic E-state index is -3.09. The summed E-state index contributed by atoms with van der Waals surface area (Å²) in [6.07, 6.45) is 0.372. The molecule has 0 aromatic heterocycles. The van der Waals surface area contributed by atoms with Gasteiger partial charge >= 0.3 is 0 Å². The van der Waals surface area contributed by atoms with Crippen LogP contribution in [0.1, 0.15) is 25.8 Å². The van der Waals surface area contributed by atoms with Gasteiger partial charge in [0.1, 0.15) is 5.75 Å². The molecule has 2 saturated heterocycles. The van der Waals surface area contributed by atoms with Crippen molar-refractivity contribution in [3.05, 3.63) is 23.8 Å². The molecule has 0 aliphatic carbocycles. The average Bonchev–Trinajstić information content (AvgIpc) is 2.97. The normalized spacial score (nSPS) is 25.7. The fraction of sp³-hybridized carbons (Fsp3) is 0.556. The lowest BCUT2D eigenvalue weighted by molar-refractivity contribution is -0.118. The molecule has 2 heterocycles. The van der Waals surface area contributed by atoms with Gasteiger partial charge in [0.05, 0.1) is 30.3 Å². The number of carbonyl (C=O) groups is 1. The van der Waals surface area contributed by atoms with E-state index in [1.165, 1.54) is 11.8 Å². The number of hydrogen-bond donors (Lipinski definition) is 0. The second-order valence-electron chi connectivity index (χ2n) is 7.23. The van der Waals surface area contributed by atoms with E-state index in [-0.39, 0.29) is 34.6 Å². The molecule has 0 radical (unpaired) electrons. The van der Waals surface area contributed by atoms with Gasteiger partial charge in [-0.1, -0.05) is 31.7 Å². The zero-order valence-corrected chi connectivity index (χ0v) is 17.1. The van der Waals surface area contributed by atoms with Gasteiger partial charge in [-0.15, -0.1) is 0 Å². The molecule has 1 aromatic carbocycles. The van der Waals surface area contributed by atoms with Crippen LogP contribution in [0.2, 0.25) is 0 Å². The van der Waals surface area contributed by atoms with Gasteiger partial charge in [0, 0.05) is 11.7 Å². The van der Waals surface area contributed by atoms with E-state index in [9.17, 15) is 13.2 Å². The Balaban J connectivity index is 2.05. The summed E-state index contributed by atoms with van der Waals surface area (Å²) in [4.78, 5) is 18.5. The highest BCUT2D eigenvalue weighted by molar-refractivity contribution is 8.16. The maximum Gasteiger partial charge on any atom is 0.248 e. The number of anilines is 1. The fourth-order valence-electron chi connectivity index (χ4n) is 3.34. The van der Waals surface area contributed by atoms with E-state index in [0.717, 1.165) is 11.3 Å². The van der Waals surface area contributed by atoms with Gasteiger partial charge in [0.15, 0.2) is 15.0 Å². The standard InChI is InChI=1S/C18H24N2O4S2/c1-11(2)7-17(21)19-18-20(13-8-12(3)5-6-15(13)24-4)14-9-26(22,23)10-16(14)25-18/h5-6,8,11,14,16H,7,9-10H2,1-4H3. The number of amidine groups is 1. The van der Waals surface area contributed by atoms with E-state index in [1.807, 2.05) is 43.9 Å². The van der Waals surface area contributed by atoms with Crippen LogP contribution in [0.4, 0.5) is 5.69 Å². The highest BCUT2D eigenvalue weighted by Gasteiger charge is 2.50. The topological polar surface area (TPSA) is 76.0 Å². The molecule has 1 aromatic rings. The predicted molar refractivity (Wildman–Crippen MR) is 106 cm³/mol. The van der Waals surface area contributed by atoms with Gasteiger partial charge in [-0.3, -0.25) is 4.79 Å². The smallest absolute Gasteiger partial charge is 0.248 e. The Labute approximate surface area is 158 Å². The van der Waals surface area contributed by atoms with E-state index in [4.69, 9.17) is 4.74 Å². The molecule has 2 aliphatic heterocycles. The number of ether oxygens (including phenoxy) is 1. The van der Waals surface area contributed by atoms with Crippen LogP contribution >= 0.6 is 11.8 Å². The molecule has 3 rings (SSSR count). The molecule has 26 heavy (non-hydrogen) atoms. The Morgan fingerprint density at radius 1 is 1.38 bits per heavy atom. The number of amides is 1. The number of hydrogen-bond acceptors (Lipinski definition) is 5. The van der Waals surface area contributed by atoms with Crippen LogP contribution in [-0.4, -0.2) is 49.4 Å². The van der Waals surface area contributed by atoms with Crippen molar-refractivity contribution in [2.24, 2.45) is 10.9 Å². The molecule has 2 aliphatic rings. The number of rotatable bonds is 4. The lowest BCUT2D eigenvalue weighted by Crippen LogP contribution is -2.38. The number of benzene rings is 1. The Kier molecular flexibility index (Phi) is 5.35. The summed E-state index contributed by atoms with van der Waals surface area (Å²) in [7, 11) is -1.51. The molecular formula is C18H24N2O4S2. The summed E-state index contributed by atoms with van der Waals surface area (Å²) in [5.41, 5.74) is 1.80. The number of nitrogens with zero attached hydrogens (tertiary/aromatic N) is 2. The number of thioether (sulfide) groups is 1. The van der Waals surface area contributed by atoms with Crippen molar-refractivity contribution >= 4 is 38.4 Å². The third-order valence-electron chi connectivity index (χ3n) is 4.46. The van der Waals surface area contributed by atoms with Gasteiger partial charge in [0.2, 0.25) is 5.91 Å². The van der Waals surface area contributed by atoms with Gasteiger partial charge in [0.25, 0.3) is 0 Å². The van der Waals surface area contributed by atoms with Gasteiger partial charge in [-0.25, -0.2) is 8.42 Å². The summed E-state index contributed by atoms with van der Waals surface area (Å²) in [6, 6.07) is 5.52. The molecule has 1 amide bonds. The Hall–Kier alpha value is -1.54. The number of methoxy groups -OCH3 is 1. The van der Waals surface area contributed by atoms with Crippen molar-refractivity contribution in [1.29, 1.82) is 0 Å². The van der Waals surface area contributed by atoms with E-state index in [1.54, 1.807) is 7.11 Å². The maximum absolute atomic E-state index is 12.3. The third-order valence-corrected chi connectivity index (χ3v) is 7.67. The van der Waals surface area contributed by atoms with Crippen molar-refractivity contribution in [1.82, 2.24) is 0 Å². The maximum atomic E-state index is 12.3. The molecule has 0 bridgehead atoms. The molecule has 142 valence electrons. The van der Waals surface area contributed by atoms with E-state index in [2.05, 4.69) is 4.99 Å². The van der Waals surface area contributed by atoms with Crippen LogP contribution in [0.15, 0.2) is 23.2 Å². The highest BCUT2D eigenvalue weighted by Crippen LogP contribution is 2.44. The summed E-state index contributed by atoms with van der Waals surface area (Å²) in [6.45, 7) is 5.92. The summed E-state index contributed by atoms with van der Waals surface area (Å²) >= 11 is 1.39. The summed E-state index contributed by atoms with van der Waals surface area (Å²) < 4.78 is 29.8. The summed E-state index contributed by atoms with van der Waals surface area (Å²) in [5.74, 6) is 0.871. The van der Waals surface area contributed by atoms with E-state index >= 15 is 0 Å². The van der Waals surface area contributed by atoms with Crippen LogP contribution in [-0.2, 0) is 14.6 Å². The molecule has 2 fully saturated rings.